The van der Waals surface area contributed by atoms with Crippen LogP contribution in [0, 0.1) is 13.8 Å². The van der Waals surface area contributed by atoms with E-state index in [2.05, 4.69) is 20.6 Å². The molecule has 0 aliphatic carbocycles. The van der Waals surface area contributed by atoms with Crippen LogP contribution in [-0.2, 0) is 6.54 Å². The molecule has 7 heteroatoms. The highest BCUT2D eigenvalue weighted by atomic mass is 127. The van der Waals surface area contributed by atoms with Gasteiger partial charge in [0, 0.05) is 6.54 Å². The van der Waals surface area contributed by atoms with Crippen LogP contribution in [0.3, 0.4) is 0 Å². The molecule has 138 valence electrons. The molecule has 0 amide bonds. The molecule has 1 heterocycles. The van der Waals surface area contributed by atoms with Gasteiger partial charge < -0.3 is 19.8 Å². The molecule has 1 atom stereocenters. The van der Waals surface area contributed by atoms with Crippen molar-refractivity contribution < 1.29 is 9.15 Å². The lowest BCUT2D eigenvalue weighted by Crippen LogP contribution is -2.41. The number of para-hydroxylation sites is 1. The van der Waals surface area contributed by atoms with Crippen molar-refractivity contribution in [1.82, 2.24) is 15.6 Å². The first-order valence-corrected chi connectivity index (χ1v) is 8.25. The van der Waals surface area contributed by atoms with Gasteiger partial charge in [0.25, 0.3) is 0 Å². The number of hydrogen-bond acceptors (Lipinski definition) is 4. The molecule has 1 aromatic carbocycles. The summed E-state index contributed by atoms with van der Waals surface area (Å²) in [6.45, 7) is 9.70. The number of ether oxygens (including phenoxy) is 1. The average molecular weight is 458 g/mol. The summed E-state index contributed by atoms with van der Waals surface area (Å²) in [4.78, 5) is 8.84. The maximum atomic E-state index is 5.85. The molecule has 0 spiro atoms. The summed E-state index contributed by atoms with van der Waals surface area (Å²) >= 11 is 0. The number of aliphatic imine (C=N–C) groups is 1. The van der Waals surface area contributed by atoms with Gasteiger partial charge in [0.2, 0.25) is 5.89 Å². The highest BCUT2D eigenvalue weighted by Crippen LogP contribution is 2.10. The van der Waals surface area contributed by atoms with Crippen molar-refractivity contribution in [2.75, 3.05) is 13.1 Å². The summed E-state index contributed by atoms with van der Waals surface area (Å²) in [7, 11) is 0. The average Bonchev–Trinajstić information content (AvgIpc) is 2.89. The maximum Gasteiger partial charge on any atom is 0.216 e. The molecule has 2 N–H and O–H groups in total. The fraction of sp³-hybridized carbons (Fsp3) is 0.444. The van der Waals surface area contributed by atoms with E-state index in [0.717, 1.165) is 29.7 Å². The molecule has 0 fully saturated rings. The molecule has 0 saturated heterocycles. The van der Waals surface area contributed by atoms with Crippen LogP contribution in [0.1, 0.15) is 31.2 Å². The number of halogens is 1. The second-order valence-electron chi connectivity index (χ2n) is 5.57. The smallest absolute Gasteiger partial charge is 0.216 e. The molecule has 25 heavy (non-hydrogen) atoms. The molecule has 0 bridgehead atoms. The van der Waals surface area contributed by atoms with Gasteiger partial charge in [-0.3, -0.25) is 0 Å². The zero-order chi connectivity index (χ0) is 17.4. The Morgan fingerprint density at radius 2 is 1.96 bits per heavy atom. The molecule has 1 aromatic heterocycles. The van der Waals surface area contributed by atoms with Gasteiger partial charge in [0.15, 0.2) is 5.96 Å². The van der Waals surface area contributed by atoms with Gasteiger partial charge in [-0.1, -0.05) is 18.2 Å². The van der Waals surface area contributed by atoms with Crippen molar-refractivity contribution in [2.24, 2.45) is 4.99 Å². The van der Waals surface area contributed by atoms with Crippen molar-refractivity contribution in [2.45, 2.75) is 40.3 Å². The second-order valence-corrected chi connectivity index (χ2v) is 5.57. The molecule has 0 radical (unpaired) electrons. The summed E-state index contributed by atoms with van der Waals surface area (Å²) in [6, 6.07) is 9.78. The summed E-state index contributed by atoms with van der Waals surface area (Å²) in [6.07, 6.45) is 0.0162. The van der Waals surface area contributed by atoms with Gasteiger partial charge in [-0.05, 0) is 39.8 Å². The number of aromatic nitrogens is 1. The zero-order valence-electron chi connectivity index (χ0n) is 15.2. The lowest BCUT2D eigenvalue weighted by molar-refractivity contribution is 0.224. The number of nitrogens with zero attached hydrogens (tertiary/aromatic N) is 2. The molecule has 1 unspecified atom stereocenters. The fourth-order valence-electron chi connectivity index (χ4n) is 2.11. The van der Waals surface area contributed by atoms with Gasteiger partial charge in [0.1, 0.15) is 24.2 Å². The third-order valence-electron chi connectivity index (χ3n) is 3.43. The Morgan fingerprint density at radius 3 is 2.56 bits per heavy atom. The van der Waals surface area contributed by atoms with E-state index in [1.165, 1.54) is 0 Å². The van der Waals surface area contributed by atoms with Gasteiger partial charge >= 0.3 is 0 Å². The largest absolute Gasteiger partial charge is 0.489 e. The van der Waals surface area contributed by atoms with Gasteiger partial charge in [-0.25, -0.2) is 9.98 Å². The SMILES string of the molecule is CCNC(=NCc1nc(C)c(C)o1)NCC(C)Oc1ccccc1.I. The van der Waals surface area contributed by atoms with Crippen molar-refractivity contribution in [1.29, 1.82) is 0 Å². The lowest BCUT2D eigenvalue weighted by Gasteiger charge is -2.17. The summed E-state index contributed by atoms with van der Waals surface area (Å²) in [5.74, 6) is 3.04. The van der Waals surface area contributed by atoms with Gasteiger partial charge in [0.05, 0.1) is 12.2 Å². The summed E-state index contributed by atoms with van der Waals surface area (Å²) < 4.78 is 11.4. The number of benzene rings is 1. The monoisotopic (exact) mass is 458 g/mol. The molecule has 2 aromatic rings. The number of guanidine groups is 1. The minimum absolute atomic E-state index is 0. The second kappa shape index (κ2) is 11.0. The first-order chi connectivity index (χ1) is 11.6. The van der Waals surface area contributed by atoms with Crippen LogP contribution in [0.4, 0.5) is 0 Å². The molecule has 2 rings (SSSR count). The third-order valence-corrected chi connectivity index (χ3v) is 3.43. The summed E-state index contributed by atoms with van der Waals surface area (Å²) in [5, 5.41) is 6.48. The minimum Gasteiger partial charge on any atom is -0.489 e. The molecule has 0 aliphatic rings. The van der Waals surface area contributed by atoms with Crippen LogP contribution >= 0.6 is 24.0 Å². The van der Waals surface area contributed by atoms with Gasteiger partial charge in [-0.2, -0.15) is 0 Å². The van der Waals surface area contributed by atoms with Crippen molar-refractivity contribution in [3.8, 4) is 5.75 Å². The molecule has 0 aliphatic heterocycles. The number of oxazole rings is 1. The van der Waals surface area contributed by atoms with Crippen LogP contribution in [-0.4, -0.2) is 30.1 Å². The van der Waals surface area contributed by atoms with Crippen LogP contribution in [0.2, 0.25) is 0 Å². The Hall–Kier alpha value is -1.77. The Balaban J connectivity index is 0.00000312. The van der Waals surface area contributed by atoms with E-state index in [0.29, 0.717) is 19.0 Å². The first kappa shape index (κ1) is 21.3. The Kier molecular flexibility index (Phi) is 9.33. The van der Waals surface area contributed by atoms with E-state index in [1.807, 2.05) is 58.0 Å². The van der Waals surface area contributed by atoms with E-state index in [9.17, 15) is 0 Å². The predicted molar refractivity (Wildman–Crippen MR) is 111 cm³/mol. The first-order valence-electron chi connectivity index (χ1n) is 8.25. The molecular formula is C18H27IN4O2. The Labute approximate surface area is 166 Å². The third kappa shape index (κ3) is 7.33. The van der Waals surface area contributed by atoms with E-state index in [-0.39, 0.29) is 30.1 Å². The normalized spacial score (nSPS) is 12.2. The summed E-state index contributed by atoms with van der Waals surface area (Å²) in [5.41, 5.74) is 0.906. The van der Waals surface area contributed by atoms with Crippen molar-refractivity contribution in [3.63, 3.8) is 0 Å². The van der Waals surface area contributed by atoms with Gasteiger partial charge in [-0.15, -0.1) is 24.0 Å². The molecule has 6 nitrogen and oxygen atoms in total. The predicted octanol–water partition coefficient (Wildman–Crippen LogP) is 3.43. The highest BCUT2D eigenvalue weighted by Gasteiger charge is 2.07. The van der Waals surface area contributed by atoms with E-state index < -0.39 is 0 Å². The Morgan fingerprint density at radius 1 is 1.24 bits per heavy atom. The molecule has 0 saturated carbocycles. The number of rotatable bonds is 7. The van der Waals surface area contributed by atoms with E-state index in [4.69, 9.17) is 9.15 Å². The topological polar surface area (TPSA) is 71.7 Å². The zero-order valence-corrected chi connectivity index (χ0v) is 17.5. The number of nitrogens with one attached hydrogen (secondary N) is 2. The molecular weight excluding hydrogens is 431 g/mol. The highest BCUT2D eigenvalue weighted by molar-refractivity contribution is 14.0. The quantitative estimate of drug-likeness (QED) is 0.378. The number of aryl methyl sites for hydroxylation is 2. The fourth-order valence-corrected chi connectivity index (χ4v) is 2.11. The van der Waals surface area contributed by atoms with Crippen LogP contribution in [0.25, 0.3) is 0 Å². The van der Waals surface area contributed by atoms with Crippen molar-refractivity contribution >= 4 is 29.9 Å². The van der Waals surface area contributed by atoms with Crippen LogP contribution in [0.15, 0.2) is 39.7 Å². The van der Waals surface area contributed by atoms with Crippen molar-refractivity contribution in [3.05, 3.63) is 47.7 Å². The van der Waals surface area contributed by atoms with Crippen LogP contribution in [0.5, 0.6) is 5.75 Å². The Bertz CT molecular complexity index is 639. The standard InChI is InChI=1S/C18H26N4O2.HI/c1-5-19-18(21-12-17-22-14(3)15(4)24-17)20-11-13(2)23-16-9-7-6-8-10-16;/h6-10,13H,5,11-12H2,1-4H3,(H2,19,20,21);1H. The van der Waals surface area contributed by atoms with E-state index in [1.54, 1.807) is 0 Å². The minimum atomic E-state index is 0. The van der Waals surface area contributed by atoms with E-state index >= 15 is 0 Å². The number of hydrogen-bond donors (Lipinski definition) is 2. The maximum absolute atomic E-state index is 5.85. The lowest BCUT2D eigenvalue weighted by atomic mass is 10.3. The van der Waals surface area contributed by atoms with Crippen LogP contribution < -0.4 is 15.4 Å².